The van der Waals surface area contributed by atoms with Gasteiger partial charge in [-0.3, -0.25) is 14.9 Å². The molecule has 0 unspecified atom stereocenters. The Morgan fingerprint density at radius 3 is 2.47 bits per heavy atom. The smallest absolute Gasteiger partial charge is 0.387 e. The Balaban J connectivity index is 3.37. The molecule has 17 heavy (non-hydrogen) atoms. The van der Waals surface area contributed by atoms with Gasteiger partial charge in [-0.15, -0.1) is 0 Å². The third-order valence-electron chi connectivity index (χ3n) is 1.84. The van der Waals surface area contributed by atoms with Crippen LogP contribution in [0.5, 0.6) is 5.75 Å². The van der Waals surface area contributed by atoms with Crippen molar-refractivity contribution in [1.82, 2.24) is 0 Å². The molecule has 0 N–H and O–H groups in total. The molecule has 5 nitrogen and oxygen atoms in total. The van der Waals surface area contributed by atoms with Crippen molar-refractivity contribution in [1.29, 1.82) is 0 Å². The van der Waals surface area contributed by atoms with E-state index < -0.39 is 34.6 Å². The zero-order chi connectivity index (χ0) is 13.2. The summed E-state index contributed by atoms with van der Waals surface area (Å²) >= 11 is 0. The van der Waals surface area contributed by atoms with Gasteiger partial charge < -0.3 is 4.74 Å². The number of hydrogen-bond donors (Lipinski definition) is 0. The molecule has 0 atom stereocenters. The third-order valence-corrected chi connectivity index (χ3v) is 1.84. The maximum absolute atomic E-state index is 13.3. The minimum atomic E-state index is -3.34. The van der Waals surface area contributed by atoms with Gasteiger partial charge in [0.1, 0.15) is 0 Å². The molecule has 1 aromatic rings. The van der Waals surface area contributed by atoms with Gasteiger partial charge in [0.05, 0.1) is 4.92 Å². The zero-order valence-electron chi connectivity index (χ0n) is 8.45. The first-order valence-electron chi connectivity index (χ1n) is 4.26. The van der Waals surface area contributed by atoms with Crippen LogP contribution in [0.3, 0.4) is 0 Å². The molecule has 0 spiro atoms. The second-order valence-electron chi connectivity index (χ2n) is 3.00. The highest BCUT2D eigenvalue weighted by Gasteiger charge is 2.23. The molecule has 8 heteroatoms. The van der Waals surface area contributed by atoms with Gasteiger partial charge in [-0.2, -0.15) is 13.2 Å². The van der Waals surface area contributed by atoms with E-state index in [1.807, 2.05) is 0 Å². The summed E-state index contributed by atoms with van der Waals surface area (Å²) in [5.74, 6) is -3.20. The molecule has 1 rings (SSSR count). The van der Waals surface area contributed by atoms with E-state index in [-0.39, 0.29) is 5.56 Å². The zero-order valence-corrected chi connectivity index (χ0v) is 8.45. The molecule has 0 radical (unpaired) electrons. The molecule has 0 aliphatic rings. The van der Waals surface area contributed by atoms with E-state index in [9.17, 15) is 28.1 Å². The second-order valence-corrected chi connectivity index (χ2v) is 3.00. The number of benzene rings is 1. The molecule has 0 aromatic heterocycles. The lowest BCUT2D eigenvalue weighted by atomic mass is 10.1. The van der Waals surface area contributed by atoms with Crippen LogP contribution in [0.15, 0.2) is 12.1 Å². The van der Waals surface area contributed by atoms with E-state index in [4.69, 9.17) is 0 Å². The number of hydrogen-bond acceptors (Lipinski definition) is 4. The lowest BCUT2D eigenvalue weighted by Gasteiger charge is -2.07. The Hall–Kier alpha value is -2.12. The summed E-state index contributed by atoms with van der Waals surface area (Å²) in [6.07, 6.45) is 0. The Bertz CT molecular complexity index is 476. The number of alkyl halides is 2. The van der Waals surface area contributed by atoms with E-state index in [0.717, 1.165) is 6.92 Å². The number of carbonyl (C=O) groups is 1. The van der Waals surface area contributed by atoms with Crippen molar-refractivity contribution in [2.45, 2.75) is 13.5 Å². The highest BCUT2D eigenvalue weighted by Crippen LogP contribution is 2.29. The van der Waals surface area contributed by atoms with Crippen LogP contribution >= 0.6 is 0 Å². The summed E-state index contributed by atoms with van der Waals surface area (Å²) in [7, 11) is 0. The average molecular weight is 249 g/mol. The van der Waals surface area contributed by atoms with Crippen LogP contribution < -0.4 is 4.74 Å². The predicted molar refractivity (Wildman–Crippen MR) is 49.7 cm³/mol. The first-order valence-corrected chi connectivity index (χ1v) is 4.26. The largest absolute Gasteiger partial charge is 0.431 e. The van der Waals surface area contributed by atoms with Gasteiger partial charge in [0, 0.05) is 11.6 Å². The molecule has 0 aliphatic carbocycles. The normalized spacial score (nSPS) is 10.4. The topological polar surface area (TPSA) is 69.4 Å². The molecular weight excluding hydrogens is 243 g/mol. The molecule has 0 saturated carbocycles. The highest BCUT2D eigenvalue weighted by atomic mass is 19.3. The van der Waals surface area contributed by atoms with Crippen molar-refractivity contribution in [3.05, 3.63) is 33.6 Å². The maximum atomic E-state index is 13.3. The number of rotatable bonds is 4. The fourth-order valence-electron chi connectivity index (χ4n) is 1.10. The molecule has 0 bridgehead atoms. The van der Waals surface area contributed by atoms with E-state index in [0.29, 0.717) is 12.1 Å². The van der Waals surface area contributed by atoms with E-state index in [1.54, 1.807) is 0 Å². The van der Waals surface area contributed by atoms with Crippen molar-refractivity contribution in [2.24, 2.45) is 0 Å². The number of Topliss-reactive ketones (excluding diaryl/α,β-unsaturated/α-hetero) is 1. The van der Waals surface area contributed by atoms with E-state index >= 15 is 0 Å². The van der Waals surface area contributed by atoms with E-state index in [1.165, 1.54) is 0 Å². The predicted octanol–water partition coefficient (Wildman–Crippen LogP) is 2.54. The van der Waals surface area contributed by atoms with Crippen molar-refractivity contribution >= 4 is 11.5 Å². The number of halogens is 3. The molecule has 0 heterocycles. The van der Waals surface area contributed by atoms with Crippen molar-refractivity contribution in [3.63, 3.8) is 0 Å². The summed E-state index contributed by atoms with van der Waals surface area (Å²) in [6, 6.07) is 1.35. The standard InChI is InChI=1S/C9H6F3NO4/c1-4(14)5-2-6(13(15)16)8(10)7(3-5)17-9(11)12/h2-3,9H,1H3. The Labute approximate surface area is 93.0 Å². The van der Waals surface area contributed by atoms with Crippen molar-refractivity contribution in [2.75, 3.05) is 0 Å². The van der Waals surface area contributed by atoms with Crippen LogP contribution in [-0.4, -0.2) is 17.3 Å². The lowest BCUT2D eigenvalue weighted by Crippen LogP contribution is -2.07. The molecular formula is C9H6F3NO4. The Morgan fingerprint density at radius 2 is 2.06 bits per heavy atom. The first kappa shape index (κ1) is 12.9. The van der Waals surface area contributed by atoms with Gasteiger partial charge >= 0.3 is 12.3 Å². The lowest BCUT2D eigenvalue weighted by molar-refractivity contribution is -0.387. The fraction of sp³-hybridized carbons (Fsp3) is 0.222. The summed E-state index contributed by atoms with van der Waals surface area (Å²) in [5.41, 5.74) is -1.37. The first-order chi connectivity index (χ1) is 7.82. The van der Waals surface area contributed by atoms with Crippen LogP contribution in [0.1, 0.15) is 17.3 Å². The van der Waals surface area contributed by atoms with E-state index in [2.05, 4.69) is 4.74 Å². The maximum Gasteiger partial charge on any atom is 0.387 e. The number of carbonyl (C=O) groups excluding carboxylic acids is 1. The molecule has 0 fully saturated rings. The Morgan fingerprint density at radius 1 is 1.47 bits per heavy atom. The second kappa shape index (κ2) is 4.81. The highest BCUT2D eigenvalue weighted by molar-refractivity contribution is 5.95. The minimum Gasteiger partial charge on any atom is -0.431 e. The summed E-state index contributed by atoms with van der Waals surface area (Å²) in [6.45, 7) is -2.28. The van der Waals surface area contributed by atoms with Crippen LogP contribution in [0.2, 0.25) is 0 Å². The quantitative estimate of drug-likeness (QED) is 0.467. The summed E-state index contributed by atoms with van der Waals surface area (Å²) in [4.78, 5) is 20.3. The van der Waals surface area contributed by atoms with Crippen LogP contribution in [0, 0.1) is 15.9 Å². The number of nitro groups is 1. The van der Waals surface area contributed by atoms with Gasteiger partial charge in [-0.1, -0.05) is 0 Å². The van der Waals surface area contributed by atoms with Crippen LogP contribution in [0.4, 0.5) is 18.9 Å². The number of nitro benzene ring substituents is 1. The van der Waals surface area contributed by atoms with Gasteiger partial charge in [0.2, 0.25) is 5.82 Å². The summed E-state index contributed by atoms with van der Waals surface area (Å²) < 4.78 is 40.9. The number of ether oxygens (including phenoxy) is 1. The molecule has 92 valence electrons. The van der Waals surface area contributed by atoms with Gasteiger partial charge in [0.25, 0.3) is 0 Å². The van der Waals surface area contributed by atoms with Gasteiger partial charge in [0.15, 0.2) is 11.5 Å². The van der Waals surface area contributed by atoms with Crippen LogP contribution in [0.25, 0.3) is 0 Å². The molecule has 1 aromatic carbocycles. The SMILES string of the molecule is CC(=O)c1cc(OC(F)F)c(F)c([N+](=O)[O-])c1. The minimum absolute atomic E-state index is 0.284. The third kappa shape index (κ3) is 2.92. The molecule has 0 saturated heterocycles. The van der Waals surface area contributed by atoms with Gasteiger partial charge in [-0.05, 0) is 13.0 Å². The van der Waals surface area contributed by atoms with Crippen molar-refractivity contribution < 1.29 is 27.6 Å². The van der Waals surface area contributed by atoms with Crippen LogP contribution in [-0.2, 0) is 0 Å². The monoisotopic (exact) mass is 249 g/mol. The fourth-order valence-corrected chi connectivity index (χ4v) is 1.10. The molecule has 0 aliphatic heterocycles. The van der Waals surface area contributed by atoms with Crippen molar-refractivity contribution in [3.8, 4) is 5.75 Å². The average Bonchev–Trinajstić information content (AvgIpc) is 2.19. The number of ketones is 1. The summed E-state index contributed by atoms with van der Waals surface area (Å²) in [5, 5.41) is 10.4. The molecule has 0 amide bonds. The van der Waals surface area contributed by atoms with Gasteiger partial charge in [-0.25, -0.2) is 0 Å². The Kier molecular flexibility index (Phi) is 3.66. The number of nitrogens with zero attached hydrogens (tertiary/aromatic N) is 1.